The fourth-order valence-corrected chi connectivity index (χ4v) is 3.62. The molecule has 19 heavy (non-hydrogen) atoms. The van der Waals surface area contributed by atoms with Crippen LogP contribution in [0.5, 0.6) is 0 Å². The van der Waals surface area contributed by atoms with Crippen molar-refractivity contribution in [3.8, 4) is 0 Å². The first-order valence-electron chi connectivity index (χ1n) is 6.56. The maximum atomic E-state index is 12.0. The minimum absolute atomic E-state index is 0.112. The van der Waals surface area contributed by atoms with Crippen molar-refractivity contribution in [2.75, 3.05) is 11.5 Å². The molecule has 0 bridgehead atoms. The summed E-state index contributed by atoms with van der Waals surface area (Å²) in [5.74, 6) is 1.91. The number of ether oxygens (including phenoxy) is 1. The Bertz CT molecular complexity index is 599. The minimum atomic E-state index is -0.131. The predicted molar refractivity (Wildman–Crippen MR) is 78.5 cm³/mol. The van der Waals surface area contributed by atoms with Gasteiger partial charge in [-0.25, -0.2) is 0 Å². The molecule has 3 nitrogen and oxygen atoms in total. The molecule has 0 spiro atoms. The number of hydrogen-bond acceptors (Lipinski definition) is 3. The summed E-state index contributed by atoms with van der Waals surface area (Å²) in [5, 5.41) is 1.20. The summed E-state index contributed by atoms with van der Waals surface area (Å²) in [4.78, 5) is 12.0. The van der Waals surface area contributed by atoms with E-state index in [2.05, 4.69) is 13.0 Å². The van der Waals surface area contributed by atoms with Gasteiger partial charge in [0.2, 0.25) is 0 Å². The normalized spacial score (nSPS) is 18.9. The van der Waals surface area contributed by atoms with Crippen molar-refractivity contribution in [3.05, 3.63) is 36.0 Å². The van der Waals surface area contributed by atoms with Crippen molar-refractivity contribution in [1.82, 2.24) is 4.57 Å². The van der Waals surface area contributed by atoms with Gasteiger partial charge in [0.25, 0.3) is 0 Å². The van der Waals surface area contributed by atoms with Crippen molar-refractivity contribution in [2.45, 2.75) is 26.0 Å². The highest BCUT2D eigenvalue weighted by Gasteiger charge is 2.20. The predicted octanol–water partition coefficient (Wildman–Crippen LogP) is 3.00. The molecule has 1 atom stereocenters. The fourth-order valence-electron chi connectivity index (χ4n) is 2.53. The van der Waals surface area contributed by atoms with Gasteiger partial charge < -0.3 is 9.30 Å². The van der Waals surface area contributed by atoms with Crippen molar-refractivity contribution in [1.29, 1.82) is 0 Å². The summed E-state index contributed by atoms with van der Waals surface area (Å²) in [6.45, 7) is 2.37. The van der Waals surface area contributed by atoms with E-state index in [4.69, 9.17) is 4.74 Å². The number of aryl methyl sites for hydroxylation is 1. The molecule has 100 valence electrons. The van der Waals surface area contributed by atoms with Crippen LogP contribution in [0.2, 0.25) is 0 Å². The molecule has 3 rings (SSSR count). The van der Waals surface area contributed by atoms with Crippen LogP contribution in [-0.4, -0.2) is 28.1 Å². The summed E-state index contributed by atoms with van der Waals surface area (Å²) < 4.78 is 7.47. The standard InChI is InChI=1S/C15H17NO2S/c1-11-8-16(14-5-3-2-4-13(11)14)9-15(17)18-12-6-7-19-10-12/h2-5,8,12H,6-7,9-10H2,1H3. The third-order valence-corrected chi connectivity index (χ3v) is 4.61. The zero-order valence-electron chi connectivity index (χ0n) is 11.0. The lowest BCUT2D eigenvalue weighted by Gasteiger charge is -2.11. The summed E-state index contributed by atoms with van der Waals surface area (Å²) >= 11 is 1.85. The molecule has 1 unspecified atom stereocenters. The van der Waals surface area contributed by atoms with E-state index in [0.717, 1.165) is 23.4 Å². The number of esters is 1. The topological polar surface area (TPSA) is 31.2 Å². The van der Waals surface area contributed by atoms with Crippen LogP contribution in [0.3, 0.4) is 0 Å². The highest BCUT2D eigenvalue weighted by Crippen LogP contribution is 2.22. The summed E-state index contributed by atoms with van der Waals surface area (Å²) in [6.07, 6.45) is 3.12. The second-order valence-electron chi connectivity index (χ2n) is 4.93. The van der Waals surface area contributed by atoms with Gasteiger partial charge in [0.15, 0.2) is 0 Å². The summed E-state index contributed by atoms with van der Waals surface area (Å²) in [5.41, 5.74) is 2.29. The van der Waals surface area contributed by atoms with E-state index in [9.17, 15) is 4.79 Å². The summed E-state index contributed by atoms with van der Waals surface area (Å²) in [7, 11) is 0. The van der Waals surface area contributed by atoms with Crippen LogP contribution >= 0.6 is 11.8 Å². The molecule has 2 heterocycles. The van der Waals surface area contributed by atoms with Gasteiger partial charge in [0.05, 0.1) is 0 Å². The Kier molecular flexibility index (Phi) is 3.51. The number of nitrogens with zero attached hydrogens (tertiary/aromatic N) is 1. The van der Waals surface area contributed by atoms with Gasteiger partial charge in [-0.3, -0.25) is 4.79 Å². The van der Waals surface area contributed by atoms with E-state index in [1.54, 1.807) is 0 Å². The second kappa shape index (κ2) is 5.29. The third-order valence-electron chi connectivity index (χ3n) is 3.47. The first-order valence-corrected chi connectivity index (χ1v) is 7.71. The van der Waals surface area contributed by atoms with Gasteiger partial charge in [0.1, 0.15) is 12.6 Å². The monoisotopic (exact) mass is 275 g/mol. The minimum Gasteiger partial charge on any atom is -0.460 e. The lowest BCUT2D eigenvalue weighted by atomic mass is 10.2. The van der Waals surface area contributed by atoms with Crippen LogP contribution in [0.1, 0.15) is 12.0 Å². The molecule has 0 N–H and O–H groups in total. The van der Waals surface area contributed by atoms with E-state index in [-0.39, 0.29) is 12.1 Å². The first-order chi connectivity index (χ1) is 9.24. The van der Waals surface area contributed by atoms with Crippen LogP contribution in [0.25, 0.3) is 10.9 Å². The number of carbonyl (C=O) groups excluding carboxylic acids is 1. The summed E-state index contributed by atoms with van der Waals surface area (Å²) in [6, 6.07) is 8.14. The highest BCUT2D eigenvalue weighted by atomic mass is 32.2. The molecule has 0 amide bonds. The van der Waals surface area contributed by atoms with E-state index in [1.165, 1.54) is 10.9 Å². The van der Waals surface area contributed by atoms with Crippen molar-refractivity contribution < 1.29 is 9.53 Å². The largest absolute Gasteiger partial charge is 0.460 e. The quantitative estimate of drug-likeness (QED) is 0.807. The fraction of sp³-hybridized carbons (Fsp3) is 0.400. The zero-order valence-corrected chi connectivity index (χ0v) is 11.8. The van der Waals surface area contributed by atoms with Crippen molar-refractivity contribution in [3.63, 3.8) is 0 Å². The van der Waals surface area contributed by atoms with Crippen molar-refractivity contribution >= 4 is 28.6 Å². The molecule has 2 aromatic rings. The van der Waals surface area contributed by atoms with Crippen LogP contribution in [-0.2, 0) is 16.1 Å². The van der Waals surface area contributed by atoms with E-state index in [0.29, 0.717) is 6.54 Å². The molecule has 1 aliphatic rings. The number of para-hydroxylation sites is 1. The molecule has 1 aliphatic heterocycles. The van der Waals surface area contributed by atoms with Gasteiger partial charge in [-0.15, -0.1) is 0 Å². The average Bonchev–Trinajstić information content (AvgIpc) is 3.00. The van der Waals surface area contributed by atoms with Crippen LogP contribution < -0.4 is 0 Å². The molecule has 1 saturated heterocycles. The van der Waals surface area contributed by atoms with Crippen LogP contribution in [0, 0.1) is 6.92 Å². The number of thioether (sulfide) groups is 1. The number of aromatic nitrogens is 1. The third kappa shape index (κ3) is 2.63. The average molecular weight is 275 g/mol. The smallest absolute Gasteiger partial charge is 0.326 e. The SMILES string of the molecule is Cc1cn(CC(=O)OC2CCSC2)c2ccccc12. The lowest BCUT2D eigenvalue weighted by Crippen LogP contribution is -2.21. The molecule has 1 fully saturated rings. The number of hydrogen-bond donors (Lipinski definition) is 0. The van der Waals surface area contributed by atoms with E-state index < -0.39 is 0 Å². The van der Waals surface area contributed by atoms with Crippen LogP contribution in [0.4, 0.5) is 0 Å². The lowest BCUT2D eigenvalue weighted by molar-refractivity contribution is -0.148. The first kappa shape index (κ1) is 12.6. The molecular weight excluding hydrogens is 258 g/mol. The number of rotatable bonds is 3. The molecule has 1 aromatic carbocycles. The number of benzene rings is 1. The number of carbonyl (C=O) groups is 1. The maximum absolute atomic E-state index is 12.0. The molecule has 4 heteroatoms. The molecular formula is C15H17NO2S. The molecule has 0 radical (unpaired) electrons. The van der Waals surface area contributed by atoms with Gasteiger partial charge in [-0.2, -0.15) is 11.8 Å². The molecule has 1 aromatic heterocycles. The maximum Gasteiger partial charge on any atom is 0.326 e. The Morgan fingerprint density at radius 2 is 2.32 bits per heavy atom. The highest BCUT2D eigenvalue weighted by molar-refractivity contribution is 7.99. The van der Waals surface area contributed by atoms with Gasteiger partial charge in [-0.1, -0.05) is 18.2 Å². The number of fused-ring (bicyclic) bond motifs is 1. The van der Waals surface area contributed by atoms with Crippen LogP contribution in [0.15, 0.2) is 30.5 Å². The Labute approximate surface area is 116 Å². The Hall–Kier alpha value is -1.42. The molecule has 0 aliphatic carbocycles. The van der Waals surface area contributed by atoms with E-state index in [1.807, 2.05) is 40.7 Å². The van der Waals surface area contributed by atoms with Gasteiger partial charge in [-0.05, 0) is 30.7 Å². The van der Waals surface area contributed by atoms with Gasteiger partial charge >= 0.3 is 5.97 Å². The second-order valence-corrected chi connectivity index (χ2v) is 6.08. The Morgan fingerprint density at radius 1 is 1.47 bits per heavy atom. The Morgan fingerprint density at radius 3 is 3.11 bits per heavy atom. The zero-order chi connectivity index (χ0) is 13.2. The molecule has 0 saturated carbocycles. The Balaban J connectivity index is 1.75. The van der Waals surface area contributed by atoms with E-state index >= 15 is 0 Å². The van der Waals surface area contributed by atoms with Gasteiger partial charge in [0, 0.05) is 22.9 Å². The van der Waals surface area contributed by atoms with Crippen molar-refractivity contribution in [2.24, 2.45) is 0 Å².